The topological polar surface area (TPSA) is 66.5 Å². The highest BCUT2D eigenvalue weighted by Gasteiger charge is 2.31. The molecule has 1 N–H and O–H groups in total. The molecular weight excluding hydrogens is 440 g/mol. The van der Waals surface area contributed by atoms with Crippen LogP contribution in [-0.4, -0.2) is 31.7 Å². The van der Waals surface area contributed by atoms with Gasteiger partial charge in [-0.25, -0.2) is 12.7 Å². The highest BCUT2D eigenvalue weighted by molar-refractivity contribution is 9.10. The molecule has 7 heteroatoms. The van der Waals surface area contributed by atoms with Crippen molar-refractivity contribution in [2.45, 2.75) is 32.4 Å². The molecule has 1 heterocycles. The molecule has 2 aromatic carbocycles. The van der Waals surface area contributed by atoms with Gasteiger partial charge in [0.25, 0.3) is 0 Å². The second-order valence-electron chi connectivity index (χ2n) is 7.37. The van der Waals surface area contributed by atoms with Crippen LogP contribution in [0.4, 0.5) is 5.69 Å². The molecule has 0 bridgehead atoms. The highest BCUT2D eigenvalue weighted by atomic mass is 79.9. The lowest BCUT2D eigenvalue weighted by molar-refractivity contribution is -0.120. The summed E-state index contributed by atoms with van der Waals surface area (Å²) in [6.45, 7) is 4.74. The minimum atomic E-state index is -3.39. The molecule has 1 amide bonds. The SMILES string of the molecule is Cc1ccc(NC(=O)C2CCN(S(=O)(=O)Cc3cccc(Br)c3)CC2)c(C)c1. The Bertz CT molecular complexity index is 967. The van der Waals surface area contributed by atoms with Crippen LogP contribution in [0.2, 0.25) is 0 Å². The average molecular weight is 465 g/mol. The average Bonchev–Trinajstić information content (AvgIpc) is 2.64. The van der Waals surface area contributed by atoms with E-state index in [9.17, 15) is 13.2 Å². The Kier molecular flexibility index (Phi) is 6.58. The third kappa shape index (κ3) is 5.21. The molecule has 28 heavy (non-hydrogen) atoms. The van der Waals surface area contributed by atoms with Crippen LogP contribution >= 0.6 is 15.9 Å². The lowest BCUT2D eigenvalue weighted by Gasteiger charge is -2.30. The third-order valence-corrected chi connectivity index (χ3v) is 7.44. The van der Waals surface area contributed by atoms with Crippen molar-refractivity contribution in [1.82, 2.24) is 4.31 Å². The molecule has 0 aliphatic carbocycles. The van der Waals surface area contributed by atoms with Gasteiger partial charge in [-0.2, -0.15) is 0 Å². The molecule has 1 fully saturated rings. The molecule has 1 saturated heterocycles. The van der Waals surface area contributed by atoms with Gasteiger partial charge in [-0.3, -0.25) is 4.79 Å². The zero-order valence-corrected chi connectivity index (χ0v) is 18.5. The first kappa shape index (κ1) is 21.0. The van der Waals surface area contributed by atoms with Gasteiger partial charge in [0.1, 0.15) is 0 Å². The molecule has 1 aliphatic rings. The maximum atomic E-state index is 12.7. The van der Waals surface area contributed by atoms with Gasteiger partial charge in [0, 0.05) is 29.2 Å². The summed E-state index contributed by atoms with van der Waals surface area (Å²) in [5.41, 5.74) is 3.76. The molecule has 5 nitrogen and oxygen atoms in total. The lowest BCUT2D eigenvalue weighted by atomic mass is 9.97. The van der Waals surface area contributed by atoms with Crippen LogP contribution in [-0.2, 0) is 20.6 Å². The number of rotatable bonds is 5. The third-order valence-electron chi connectivity index (χ3n) is 5.10. The number of amides is 1. The van der Waals surface area contributed by atoms with Crippen molar-refractivity contribution < 1.29 is 13.2 Å². The number of carbonyl (C=O) groups excluding carboxylic acids is 1. The molecular formula is C21H25BrN2O3S. The monoisotopic (exact) mass is 464 g/mol. The maximum Gasteiger partial charge on any atom is 0.227 e. The summed E-state index contributed by atoms with van der Waals surface area (Å²) in [7, 11) is -3.39. The Balaban J connectivity index is 1.58. The first-order valence-electron chi connectivity index (χ1n) is 9.35. The van der Waals surface area contributed by atoms with Gasteiger partial charge in [-0.1, -0.05) is 45.8 Å². The number of benzene rings is 2. The number of sulfonamides is 1. The molecule has 0 aromatic heterocycles. The van der Waals surface area contributed by atoms with Gasteiger partial charge < -0.3 is 5.32 Å². The van der Waals surface area contributed by atoms with E-state index in [1.165, 1.54) is 4.31 Å². The summed E-state index contributed by atoms with van der Waals surface area (Å²) in [6, 6.07) is 13.3. The van der Waals surface area contributed by atoms with Crippen LogP contribution in [0.15, 0.2) is 46.9 Å². The van der Waals surface area contributed by atoms with E-state index in [2.05, 4.69) is 21.2 Å². The van der Waals surface area contributed by atoms with E-state index in [-0.39, 0.29) is 17.6 Å². The summed E-state index contributed by atoms with van der Waals surface area (Å²) < 4.78 is 27.8. The smallest absolute Gasteiger partial charge is 0.227 e. The summed E-state index contributed by atoms with van der Waals surface area (Å²) in [6.07, 6.45) is 1.07. The van der Waals surface area contributed by atoms with Crippen molar-refractivity contribution in [3.05, 3.63) is 63.6 Å². The van der Waals surface area contributed by atoms with Crippen molar-refractivity contribution in [3.8, 4) is 0 Å². The van der Waals surface area contributed by atoms with E-state index in [1.54, 1.807) is 0 Å². The Morgan fingerprint density at radius 3 is 2.50 bits per heavy atom. The predicted molar refractivity (Wildman–Crippen MR) is 116 cm³/mol. The lowest BCUT2D eigenvalue weighted by Crippen LogP contribution is -2.41. The number of piperidine rings is 1. The fourth-order valence-corrected chi connectivity index (χ4v) is 5.51. The van der Waals surface area contributed by atoms with Gasteiger partial charge in [-0.05, 0) is 56.0 Å². The molecule has 2 aromatic rings. The number of anilines is 1. The largest absolute Gasteiger partial charge is 0.326 e. The predicted octanol–water partition coefficient (Wildman–Crippen LogP) is 4.25. The molecule has 0 spiro atoms. The van der Waals surface area contributed by atoms with Gasteiger partial charge in [0.2, 0.25) is 15.9 Å². The van der Waals surface area contributed by atoms with Crippen LogP contribution in [0.1, 0.15) is 29.5 Å². The Labute approximate surface area is 175 Å². The summed E-state index contributed by atoms with van der Waals surface area (Å²) in [5.74, 6) is -0.222. The highest BCUT2D eigenvalue weighted by Crippen LogP contribution is 2.25. The fraction of sp³-hybridized carbons (Fsp3) is 0.381. The molecule has 0 saturated carbocycles. The number of hydrogen-bond acceptors (Lipinski definition) is 3. The van der Waals surface area contributed by atoms with Gasteiger partial charge in [-0.15, -0.1) is 0 Å². The number of halogens is 1. The van der Waals surface area contributed by atoms with E-state index >= 15 is 0 Å². The van der Waals surface area contributed by atoms with Crippen LogP contribution in [0.3, 0.4) is 0 Å². The molecule has 0 atom stereocenters. The minimum absolute atomic E-state index is 0.0220. The van der Waals surface area contributed by atoms with Gasteiger partial charge in [0.15, 0.2) is 0 Å². The first-order valence-corrected chi connectivity index (χ1v) is 11.8. The van der Waals surface area contributed by atoms with Crippen LogP contribution < -0.4 is 5.32 Å². The number of hydrogen-bond donors (Lipinski definition) is 1. The quantitative estimate of drug-likeness (QED) is 0.718. The van der Waals surface area contributed by atoms with E-state index in [0.717, 1.165) is 26.9 Å². The second kappa shape index (κ2) is 8.76. The summed E-state index contributed by atoms with van der Waals surface area (Å²) in [4.78, 5) is 12.6. The number of nitrogens with one attached hydrogen (secondary N) is 1. The van der Waals surface area contributed by atoms with Crippen molar-refractivity contribution >= 4 is 37.5 Å². The van der Waals surface area contributed by atoms with Crippen molar-refractivity contribution in [1.29, 1.82) is 0 Å². The van der Waals surface area contributed by atoms with Gasteiger partial charge in [0.05, 0.1) is 5.75 Å². The van der Waals surface area contributed by atoms with E-state index in [0.29, 0.717) is 25.9 Å². The molecule has 150 valence electrons. The zero-order valence-electron chi connectivity index (χ0n) is 16.1. The summed E-state index contributed by atoms with van der Waals surface area (Å²) in [5, 5.41) is 2.99. The van der Waals surface area contributed by atoms with Crippen LogP contribution in [0, 0.1) is 19.8 Å². The Morgan fingerprint density at radius 1 is 1.14 bits per heavy atom. The molecule has 3 rings (SSSR count). The fourth-order valence-electron chi connectivity index (χ4n) is 3.51. The van der Waals surface area contributed by atoms with E-state index in [4.69, 9.17) is 0 Å². The number of nitrogens with zero attached hydrogens (tertiary/aromatic N) is 1. The molecule has 0 radical (unpaired) electrons. The maximum absolute atomic E-state index is 12.7. The van der Waals surface area contributed by atoms with Gasteiger partial charge >= 0.3 is 0 Å². The second-order valence-corrected chi connectivity index (χ2v) is 10.3. The van der Waals surface area contributed by atoms with E-state index in [1.807, 2.05) is 56.3 Å². The standard InChI is InChI=1S/C21H25BrN2O3S/c1-15-6-7-20(16(2)12-15)23-21(25)18-8-10-24(11-9-18)28(26,27)14-17-4-3-5-19(22)13-17/h3-7,12-13,18H,8-11,14H2,1-2H3,(H,23,25). The van der Waals surface area contributed by atoms with E-state index < -0.39 is 10.0 Å². The molecule has 1 aliphatic heterocycles. The van der Waals surface area contributed by atoms with Crippen molar-refractivity contribution in [3.63, 3.8) is 0 Å². The Morgan fingerprint density at radius 2 is 1.86 bits per heavy atom. The molecule has 0 unspecified atom stereocenters. The van der Waals surface area contributed by atoms with Crippen molar-refractivity contribution in [2.24, 2.45) is 5.92 Å². The number of aryl methyl sites for hydroxylation is 2. The summed E-state index contributed by atoms with van der Waals surface area (Å²) >= 11 is 3.37. The van der Waals surface area contributed by atoms with Crippen molar-refractivity contribution in [2.75, 3.05) is 18.4 Å². The van der Waals surface area contributed by atoms with Crippen LogP contribution in [0.5, 0.6) is 0 Å². The number of carbonyl (C=O) groups is 1. The van der Waals surface area contributed by atoms with Crippen LogP contribution in [0.25, 0.3) is 0 Å². The first-order chi connectivity index (χ1) is 13.2. The zero-order chi connectivity index (χ0) is 20.3. The normalized spacial score (nSPS) is 16.1. The Hall–Kier alpha value is -1.70. The minimum Gasteiger partial charge on any atom is -0.326 e.